The Balaban J connectivity index is 2.92. The van der Waals surface area contributed by atoms with Gasteiger partial charge in [-0.2, -0.15) is 8.42 Å². The Morgan fingerprint density at radius 3 is 2.48 bits per heavy atom. The van der Waals surface area contributed by atoms with Gasteiger partial charge in [0.2, 0.25) is 0 Å². The van der Waals surface area contributed by atoms with Gasteiger partial charge in [0, 0.05) is 6.42 Å². The first-order chi connectivity index (χ1) is 11.6. The topological polar surface area (TPSA) is 186 Å². The first-order valence-corrected chi connectivity index (χ1v) is 9.32. The first-order valence-electron chi connectivity index (χ1n) is 7.08. The van der Waals surface area contributed by atoms with Gasteiger partial charge in [0.25, 0.3) is 0 Å². The van der Waals surface area contributed by atoms with Crippen LogP contribution in [-0.2, 0) is 19.4 Å². The van der Waals surface area contributed by atoms with Crippen molar-refractivity contribution in [3.8, 4) is 0 Å². The molecule has 1 fully saturated rings. The van der Waals surface area contributed by atoms with Crippen LogP contribution in [0, 0.1) is 0 Å². The van der Waals surface area contributed by atoms with Gasteiger partial charge in [0.1, 0.15) is 34.9 Å². The fourth-order valence-corrected chi connectivity index (χ4v) is 3.34. The highest BCUT2D eigenvalue weighted by atomic mass is 32.3. The minimum absolute atomic E-state index is 0.139. The van der Waals surface area contributed by atoms with E-state index in [1.54, 1.807) is 0 Å². The number of aliphatic hydroxyl groups excluding tert-OH is 5. The van der Waals surface area contributed by atoms with Gasteiger partial charge in [-0.3, -0.25) is 4.55 Å². The lowest BCUT2D eigenvalue weighted by Crippen LogP contribution is -2.57. The van der Waals surface area contributed by atoms with Crippen molar-refractivity contribution in [2.45, 2.75) is 48.8 Å². The van der Waals surface area contributed by atoms with E-state index in [-0.39, 0.29) is 17.9 Å². The second-order valence-electron chi connectivity index (χ2n) is 5.18. The van der Waals surface area contributed by atoms with Crippen molar-refractivity contribution in [2.75, 3.05) is 6.61 Å². The average molecular weight is 403 g/mol. The number of ether oxygens (including phenoxy) is 1. The van der Waals surface area contributed by atoms with Gasteiger partial charge in [0.05, 0.1) is 12.7 Å². The third-order valence-electron chi connectivity index (χ3n) is 3.18. The maximum atomic E-state index is 10.6. The van der Waals surface area contributed by atoms with E-state index in [0.29, 0.717) is 11.8 Å². The minimum atomic E-state index is -4.89. The molecule has 0 aromatic carbocycles. The van der Waals surface area contributed by atoms with E-state index in [4.69, 9.17) is 14.4 Å². The van der Waals surface area contributed by atoms with Crippen molar-refractivity contribution in [3.05, 3.63) is 12.7 Å². The van der Waals surface area contributed by atoms with E-state index in [9.17, 15) is 28.8 Å². The molecule has 1 aliphatic heterocycles. The van der Waals surface area contributed by atoms with Crippen LogP contribution in [0.4, 0.5) is 0 Å². The zero-order chi connectivity index (χ0) is 19.2. The van der Waals surface area contributed by atoms with Crippen LogP contribution in [0.1, 0.15) is 12.8 Å². The highest BCUT2D eigenvalue weighted by Gasteiger charge is 2.44. The van der Waals surface area contributed by atoms with E-state index in [2.05, 4.69) is 16.0 Å². The minimum Gasteiger partial charge on any atom is -0.394 e. The summed E-state index contributed by atoms with van der Waals surface area (Å²) in [5.41, 5.74) is -1.25. The number of nitrogens with zero attached hydrogens (tertiary/aromatic N) is 1. The smallest absolute Gasteiger partial charge is 0.394 e. The Morgan fingerprint density at radius 1 is 1.32 bits per heavy atom. The summed E-state index contributed by atoms with van der Waals surface area (Å²) in [7, 11) is -4.89. The summed E-state index contributed by atoms with van der Waals surface area (Å²) in [6.45, 7) is 2.79. The van der Waals surface area contributed by atoms with Crippen molar-refractivity contribution in [3.63, 3.8) is 0 Å². The molecule has 25 heavy (non-hydrogen) atoms. The molecule has 146 valence electrons. The van der Waals surface area contributed by atoms with Crippen molar-refractivity contribution >= 4 is 27.2 Å². The zero-order valence-electron chi connectivity index (χ0n) is 12.9. The predicted molar refractivity (Wildman–Crippen MR) is 86.9 cm³/mol. The Bertz CT molecular complexity index is 566. The number of hydrogen-bond donors (Lipinski definition) is 6. The molecular formula is C12H21NO10S2. The van der Waals surface area contributed by atoms with E-state index >= 15 is 0 Å². The molecule has 11 nitrogen and oxygen atoms in total. The summed E-state index contributed by atoms with van der Waals surface area (Å²) in [6.07, 6.45) is -5.67. The van der Waals surface area contributed by atoms with E-state index in [1.807, 2.05) is 0 Å². The third-order valence-corrected chi connectivity index (χ3v) is 4.58. The van der Waals surface area contributed by atoms with Crippen LogP contribution < -0.4 is 0 Å². The number of thioether (sulfide) groups is 1. The van der Waals surface area contributed by atoms with Crippen LogP contribution in [0.5, 0.6) is 0 Å². The first kappa shape index (κ1) is 22.3. The second-order valence-corrected chi connectivity index (χ2v) is 7.36. The fourth-order valence-electron chi connectivity index (χ4n) is 1.97. The summed E-state index contributed by atoms with van der Waals surface area (Å²) in [5.74, 6) is 0. The average Bonchev–Trinajstić information content (AvgIpc) is 2.52. The predicted octanol–water partition coefficient (Wildman–Crippen LogP) is -2.02. The lowest BCUT2D eigenvalue weighted by Gasteiger charge is -2.39. The molecule has 0 unspecified atom stereocenters. The van der Waals surface area contributed by atoms with Gasteiger partial charge >= 0.3 is 10.4 Å². The normalized spacial score (nSPS) is 32.2. The molecular weight excluding hydrogens is 382 g/mol. The molecule has 1 heterocycles. The molecule has 0 bridgehead atoms. The van der Waals surface area contributed by atoms with Gasteiger partial charge in [-0.15, -0.1) is 6.58 Å². The Morgan fingerprint density at radius 2 is 1.96 bits per heavy atom. The molecule has 13 heteroatoms. The lowest BCUT2D eigenvalue weighted by atomic mass is 10.0. The number of aliphatic hydroxyl groups is 5. The van der Waals surface area contributed by atoms with Crippen LogP contribution in [0.15, 0.2) is 17.8 Å². The summed E-state index contributed by atoms with van der Waals surface area (Å²) >= 11 is 0.594. The molecule has 6 atom stereocenters. The molecule has 0 spiro atoms. The molecule has 0 radical (unpaired) electrons. The Kier molecular flexibility index (Phi) is 8.73. The molecule has 1 aliphatic rings. The third kappa shape index (κ3) is 7.16. The maximum Gasteiger partial charge on any atom is 0.466 e. The van der Waals surface area contributed by atoms with Crippen LogP contribution in [0.2, 0.25) is 0 Å². The standard InChI is InChI=1S/C12H21NO10S2/c1-2-3-6(15)4-8(13-23-25(19,20)21)24-12-11(18)10(17)9(16)7(5-14)22-12/h2,6-7,9-12,14-18H,1,3-5H2,(H,19,20,21)/t6-,7-,9-,10+,11-,12+/m1/s1. The van der Waals surface area contributed by atoms with Gasteiger partial charge in [-0.05, 0) is 6.42 Å². The quantitative estimate of drug-likeness (QED) is 0.0863. The van der Waals surface area contributed by atoms with Crippen LogP contribution in [-0.4, -0.2) is 86.1 Å². The molecule has 1 rings (SSSR count). The fraction of sp³-hybridized carbons (Fsp3) is 0.750. The molecule has 6 N–H and O–H groups in total. The van der Waals surface area contributed by atoms with E-state index in [1.165, 1.54) is 6.08 Å². The summed E-state index contributed by atoms with van der Waals surface area (Å²) in [5, 5.41) is 51.3. The van der Waals surface area contributed by atoms with Gasteiger partial charge in [-0.25, -0.2) is 4.28 Å². The van der Waals surface area contributed by atoms with Crippen LogP contribution >= 0.6 is 11.8 Å². The molecule has 0 saturated carbocycles. The Labute approximate surface area is 148 Å². The molecule has 0 aliphatic carbocycles. The van der Waals surface area contributed by atoms with Gasteiger partial charge < -0.3 is 30.3 Å². The molecule has 0 aromatic heterocycles. The Hall–Kier alpha value is -0.770. The summed E-state index contributed by atoms with van der Waals surface area (Å²) in [6, 6.07) is 0. The van der Waals surface area contributed by atoms with Gasteiger partial charge in [-0.1, -0.05) is 23.0 Å². The lowest BCUT2D eigenvalue weighted by molar-refractivity contribution is -0.205. The van der Waals surface area contributed by atoms with Crippen molar-refractivity contribution in [1.29, 1.82) is 0 Å². The molecule has 0 aromatic rings. The molecule has 0 amide bonds. The monoisotopic (exact) mass is 403 g/mol. The van der Waals surface area contributed by atoms with Crippen molar-refractivity contribution in [1.82, 2.24) is 0 Å². The number of rotatable bonds is 8. The van der Waals surface area contributed by atoms with Crippen LogP contribution in [0.3, 0.4) is 0 Å². The second kappa shape index (κ2) is 9.80. The van der Waals surface area contributed by atoms with Gasteiger partial charge in [0.15, 0.2) is 0 Å². The summed E-state index contributed by atoms with van der Waals surface area (Å²) in [4.78, 5) is 0. The molecule has 1 saturated heterocycles. The number of hydrogen-bond acceptors (Lipinski definition) is 11. The highest BCUT2D eigenvalue weighted by Crippen LogP contribution is 2.30. The highest BCUT2D eigenvalue weighted by molar-refractivity contribution is 8.14. The number of oxime groups is 1. The zero-order valence-corrected chi connectivity index (χ0v) is 14.6. The van der Waals surface area contributed by atoms with Crippen molar-refractivity contribution in [2.24, 2.45) is 5.16 Å². The summed E-state index contributed by atoms with van der Waals surface area (Å²) < 4.78 is 39.0. The van der Waals surface area contributed by atoms with Crippen LogP contribution in [0.25, 0.3) is 0 Å². The van der Waals surface area contributed by atoms with E-state index in [0.717, 1.165) is 0 Å². The van der Waals surface area contributed by atoms with Crippen molar-refractivity contribution < 1.29 is 47.5 Å². The largest absolute Gasteiger partial charge is 0.466 e. The maximum absolute atomic E-state index is 10.6. The van der Waals surface area contributed by atoms with E-state index < -0.39 is 53.0 Å². The SMILES string of the molecule is C=CC[C@@H](O)CC(=NOS(=O)(=O)O)S[C@@H]1O[C@H](CO)[C@@H](O)[C@H](O)[C@H]1O.